The third-order valence-corrected chi connectivity index (χ3v) is 8.69. The van der Waals surface area contributed by atoms with E-state index in [1.165, 1.54) is 18.3 Å². The molecule has 0 bridgehead atoms. The maximum atomic E-state index is 13.6. The van der Waals surface area contributed by atoms with Crippen LogP contribution < -0.4 is 14.5 Å². The van der Waals surface area contributed by atoms with Crippen LogP contribution in [0.4, 0.5) is 5.69 Å². The molecule has 0 radical (unpaired) electrons. The summed E-state index contributed by atoms with van der Waals surface area (Å²) in [6.07, 6.45) is 4.64. The van der Waals surface area contributed by atoms with Gasteiger partial charge in [-0.1, -0.05) is 29.3 Å². The highest BCUT2D eigenvalue weighted by Gasteiger charge is 2.28. The Balaban J connectivity index is 1.39. The zero-order valence-corrected chi connectivity index (χ0v) is 24.6. The molecule has 1 aliphatic rings. The van der Waals surface area contributed by atoms with Crippen molar-refractivity contribution in [1.29, 1.82) is 0 Å². The van der Waals surface area contributed by atoms with Crippen LogP contribution in [0.2, 0.25) is 5.02 Å². The van der Waals surface area contributed by atoms with Gasteiger partial charge in [0.1, 0.15) is 12.3 Å². The number of benzene rings is 3. The molecular formula is C30H33ClN4O5S. The predicted molar refractivity (Wildman–Crippen MR) is 160 cm³/mol. The summed E-state index contributed by atoms with van der Waals surface area (Å²) in [5.41, 5.74) is 4.93. The van der Waals surface area contributed by atoms with Gasteiger partial charge in [-0.15, -0.1) is 0 Å². The number of ether oxygens (including phenoxy) is 1. The van der Waals surface area contributed by atoms with Gasteiger partial charge in [0.15, 0.2) is 6.61 Å². The minimum Gasteiger partial charge on any atom is -0.484 e. The standard InChI is InChI=1S/C30H33ClN4O5S/c1-22-6-13-27(14-7-22)41(38,39)35(28-15-10-25(31)18-23(28)2)20-29(36)33-32-19-24-8-11-26(12-9-24)40-21-30(37)34-16-4-3-5-17-34/h6-15,18-19H,3-5,16-17,20-21H2,1-2H3,(H,33,36)/b32-19-. The van der Waals surface area contributed by atoms with Crippen molar-refractivity contribution in [3.8, 4) is 5.75 Å². The number of sulfonamides is 1. The van der Waals surface area contributed by atoms with Crippen LogP contribution in [0.5, 0.6) is 5.75 Å². The van der Waals surface area contributed by atoms with Gasteiger partial charge in [-0.3, -0.25) is 13.9 Å². The molecule has 0 aromatic heterocycles. The van der Waals surface area contributed by atoms with E-state index in [1.54, 1.807) is 61.5 Å². The molecule has 1 heterocycles. The van der Waals surface area contributed by atoms with E-state index in [2.05, 4.69) is 10.5 Å². The Bertz CT molecular complexity index is 1500. The lowest BCUT2D eigenvalue weighted by Gasteiger charge is -2.26. The second-order valence-electron chi connectivity index (χ2n) is 9.85. The first-order chi connectivity index (χ1) is 19.6. The van der Waals surface area contributed by atoms with Gasteiger partial charge in [0.2, 0.25) is 0 Å². The van der Waals surface area contributed by atoms with Crippen LogP contribution in [0.25, 0.3) is 0 Å². The first-order valence-corrected chi connectivity index (χ1v) is 15.1. The van der Waals surface area contributed by atoms with Crippen LogP contribution in [-0.4, -0.2) is 57.6 Å². The summed E-state index contributed by atoms with van der Waals surface area (Å²) in [5.74, 6) is -0.0976. The molecule has 1 aliphatic heterocycles. The van der Waals surface area contributed by atoms with Gasteiger partial charge in [0, 0.05) is 18.1 Å². The molecule has 0 atom stereocenters. The molecule has 41 heavy (non-hydrogen) atoms. The van der Waals surface area contributed by atoms with Gasteiger partial charge >= 0.3 is 0 Å². The number of nitrogens with zero attached hydrogens (tertiary/aromatic N) is 3. The summed E-state index contributed by atoms with van der Waals surface area (Å²) < 4.78 is 33.8. The quantitative estimate of drug-likeness (QED) is 0.270. The summed E-state index contributed by atoms with van der Waals surface area (Å²) >= 11 is 6.08. The van der Waals surface area contributed by atoms with Crippen LogP contribution in [0.3, 0.4) is 0 Å². The van der Waals surface area contributed by atoms with Crippen LogP contribution >= 0.6 is 11.6 Å². The zero-order valence-electron chi connectivity index (χ0n) is 23.0. The van der Waals surface area contributed by atoms with Crippen LogP contribution in [-0.2, 0) is 19.6 Å². The number of aryl methyl sites for hydroxylation is 2. The Kier molecular flexibility index (Phi) is 10.0. The van der Waals surface area contributed by atoms with E-state index in [-0.39, 0.29) is 17.4 Å². The van der Waals surface area contributed by atoms with Gasteiger partial charge in [0.05, 0.1) is 16.8 Å². The number of piperidine rings is 1. The Morgan fingerprint density at radius 1 is 1.00 bits per heavy atom. The fraction of sp³-hybridized carbons (Fsp3) is 0.300. The smallest absolute Gasteiger partial charge is 0.264 e. The molecule has 1 N–H and O–H groups in total. The van der Waals surface area contributed by atoms with Crippen molar-refractivity contribution in [3.05, 3.63) is 88.4 Å². The number of rotatable bonds is 10. The number of anilines is 1. The molecule has 11 heteroatoms. The van der Waals surface area contributed by atoms with Crippen molar-refractivity contribution in [2.75, 3.05) is 30.5 Å². The Morgan fingerprint density at radius 2 is 1.68 bits per heavy atom. The van der Waals surface area contributed by atoms with Gasteiger partial charge < -0.3 is 9.64 Å². The van der Waals surface area contributed by atoms with E-state index in [1.807, 2.05) is 11.8 Å². The lowest BCUT2D eigenvalue weighted by molar-refractivity contribution is -0.134. The first-order valence-electron chi connectivity index (χ1n) is 13.3. The normalized spacial score (nSPS) is 13.7. The molecule has 216 valence electrons. The SMILES string of the molecule is Cc1ccc(S(=O)(=O)N(CC(=O)N/N=C\c2ccc(OCC(=O)N3CCCCC3)cc2)c2ccc(Cl)cc2C)cc1. The molecule has 4 rings (SSSR count). The average molecular weight is 597 g/mol. The molecular weight excluding hydrogens is 564 g/mol. The molecule has 0 spiro atoms. The van der Waals surface area contributed by atoms with Gasteiger partial charge in [-0.05, 0) is 98.8 Å². The molecule has 0 aliphatic carbocycles. The molecule has 9 nitrogen and oxygen atoms in total. The number of carbonyl (C=O) groups excluding carboxylic acids is 2. The third kappa shape index (κ3) is 8.08. The monoisotopic (exact) mass is 596 g/mol. The maximum absolute atomic E-state index is 13.6. The summed E-state index contributed by atoms with van der Waals surface area (Å²) in [5, 5.41) is 4.44. The van der Waals surface area contributed by atoms with Crippen molar-refractivity contribution in [2.45, 2.75) is 38.0 Å². The lowest BCUT2D eigenvalue weighted by Crippen LogP contribution is -2.40. The van der Waals surface area contributed by atoms with E-state index < -0.39 is 22.5 Å². The zero-order chi connectivity index (χ0) is 29.4. The van der Waals surface area contributed by atoms with Crippen molar-refractivity contribution in [3.63, 3.8) is 0 Å². The minimum absolute atomic E-state index is 0.0153. The molecule has 0 saturated carbocycles. The van der Waals surface area contributed by atoms with E-state index in [4.69, 9.17) is 16.3 Å². The molecule has 2 amide bonds. The van der Waals surface area contributed by atoms with Gasteiger partial charge in [-0.25, -0.2) is 13.8 Å². The number of hydrogen-bond acceptors (Lipinski definition) is 6. The maximum Gasteiger partial charge on any atom is 0.264 e. The Labute approximate surface area is 245 Å². The minimum atomic E-state index is -4.07. The highest BCUT2D eigenvalue weighted by molar-refractivity contribution is 7.92. The number of likely N-dealkylation sites (tertiary alicyclic amines) is 1. The number of hydrogen-bond donors (Lipinski definition) is 1. The predicted octanol–water partition coefficient (Wildman–Crippen LogP) is 4.69. The molecule has 1 saturated heterocycles. The molecule has 3 aromatic carbocycles. The molecule has 0 unspecified atom stereocenters. The number of hydrazone groups is 1. The van der Waals surface area contributed by atoms with Gasteiger partial charge in [-0.2, -0.15) is 5.10 Å². The molecule has 1 fully saturated rings. The van der Waals surface area contributed by atoms with Crippen molar-refractivity contribution < 1.29 is 22.7 Å². The number of carbonyl (C=O) groups is 2. The first kappa shape index (κ1) is 30.1. The topological polar surface area (TPSA) is 108 Å². The summed E-state index contributed by atoms with van der Waals surface area (Å²) in [7, 11) is -4.07. The average Bonchev–Trinajstić information content (AvgIpc) is 2.96. The number of amides is 2. The Morgan fingerprint density at radius 3 is 2.34 bits per heavy atom. The van der Waals surface area contributed by atoms with Crippen LogP contribution in [0.15, 0.2) is 76.7 Å². The third-order valence-electron chi connectivity index (χ3n) is 6.68. The number of nitrogens with one attached hydrogen (secondary N) is 1. The Hall–Kier alpha value is -3.89. The highest BCUT2D eigenvalue weighted by Crippen LogP contribution is 2.29. The van der Waals surface area contributed by atoms with Crippen LogP contribution in [0.1, 0.15) is 36.0 Å². The van der Waals surface area contributed by atoms with E-state index in [0.717, 1.165) is 42.2 Å². The fourth-order valence-electron chi connectivity index (χ4n) is 4.41. The second kappa shape index (κ2) is 13.6. The number of halogens is 1. The van der Waals surface area contributed by atoms with Crippen molar-refractivity contribution in [2.24, 2.45) is 5.10 Å². The lowest BCUT2D eigenvalue weighted by atomic mass is 10.1. The summed E-state index contributed by atoms with van der Waals surface area (Å²) in [4.78, 5) is 27.0. The van der Waals surface area contributed by atoms with Crippen molar-refractivity contribution >= 4 is 45.3 Å². The van der Waals surface area contributed by atoms with E-state index in [0.29, 0.717) is 27.6 Å². The van der Waals surface area contributed by atoms with Gasteiger partial charge in [0.25, 0.3) is 21.8 Å². The van der Waals surface area contributed by atoms with E-state index in [9.17, 15) is 18.0 Å². The molecule has 3 aromatic rings. The van der Waals surface area contributed by atoms with E-state index >= 15 is 0 Å². The fourth-order valence-corrected chi connectivity index (χ4v) is 6.12. The summed E-state index contributed by atoms with van der Waals surface area (Å²) in [6.45, 7) is 4.63. The highest BCUT2D eigenvalue weighted by atomic mass is 35.5. The van der Waals surface area contributed by atoms with Crippen molar-refractivity contribution in [1.82, 2.24) is 10.3 Å². The second-order valence-corrected chi connectivity index (χ2v) is 12.1. The van der Waals surface area contributed by atoms with Crippen LogP contribution in [0, 0.1) is 13.8 Å². The largest absolute Gasteiger partial charge is 0.484 e. The summed E-state index contributed by atoms with van der Waals surface area (Å²) in [6, 6.07) is 18.1.